The molecule has 1 amide bonds. The van der Waals surface area contributed by atoms with Gasteiger partial charge in [-0.15, -0.1) is 0 Å². The highest BCUT2D eigenvalue weighted by Crippen LogP contribution is 2.32. The van der Waals surface area contributed by atoms with Crippen LogP contribution < -0.4 is 20.5 Å². The summed E-state index contributed by atoms with van der Waals surface area (Å²) in [5.74, 6) is 1.99. The SMILES string of the molecule is COc1ccc(OC)c(CNC(=O)CC(N)C2CC2)c1. The number of nitrogens with two attached hydrogens (primary N) is 1. The third-order valence-electron chi connectivity index (χ3n) is 3.61. The standard InChI is InChI=1S/C15H22N2O3/c1-19-12-5-6-14(20-2)11(7-12)9-17-15(18)8-13(16)10-3-4-10/h5-7,10,13H,3-4,8-9,16H2,1-2H3,(H,17,18). The van der Waals surface area contributed by atoms with Crippen molar-refractivity contribution in [2.75, 3.05) is 14.2 Å². The van der Waals surface area contributed by atoms with Crippen LogP contribution in [0.5, 0.6) is 11.5 Å². The zero-order valence-electron chi connectivity index (χ0n) is 12.0. The summed E-state index contributed by atoms with van der Waals surface area (Å²) >= 11 is 0. The van der Waals surface area contributed by atoms with E-state index in [1.165, 1.54) is 0 Å². The van der Waals surface area contributed by atoms with Gasteiger partial charge in [0.15, 0.2) is 0 Å². The number of hydrogen-bond acceptors (Lipinski definition) is 4. The fourth-order valence-electron chi connectivity index (χ4n) is 2.19. The molecule has 0 heterocycles. The van der Waals surface area contributed by atoms with Crippen LogP contribution in [0.3, 0.4) is 0 Å². The van der Waals surface area contributed by atoms with Gasteiger partial charge in [-0.05, 0) is 37.0 Å². The van der Waals surface area contributed by atoms with Gasteiger partial charge in [-0.2, -0.15) is 0 Å². The summed E-state index contributed by atoms with van der Waals surface area (Å²) in [5, 5.41) is 2.88. The van der Waals surface area contributed by atoms with Gasteiger partial charge in [-0.25, -0.2) is 0 Å². The van der Waals surface area contributed by atoms with Gasteiger partial charge in [0.25, 0.3) is 0 Å². The molecule has 0 bridgehead atoms. The van der Waals surface area contributed by atoms with Gasteiger partial charge in [0.2, 0.25) is 5.91 Å². The zero-order valence-corrected chi connectivity index (χ0v) is 12.0. The number of carbonyl (C=O) groups excluding carboxylic acids is 1. The molecule has 0 aromatic heterocycles. The molecule has 1 fully saturated rings. The first kappa shape index (κ1) is 14.7. The molecule has 5 heteroatoms. The second-order valence-electron chi connectivity index (χ2n) is 5.16. The van der Waals surface area contributed by atoms with Crippen molar-refractivity contribution in [1.29, 1.82) is 0 Å². The first-order valence-electron chi connectivity index (χ1n) is 6.87. The molecule has 0 spiro atoms. The largest absolute Gasteiger partial charge is 0.497 e. The molecule has 2 rings (SSSR count). The van der Waals surface area contributed by atoms with Crippen molar-refractivity contribution >= 4 is 5.91 Å². The molecule has 1 aromatic rings. The van der Waals surface area contributed by atoms with Gasteiger partial charge in [0, 0.05) is 24.6 Å². The predicted molar refractivity (Wildman–Crippen MR) is 76.7 cm³/mol. The average molecular weight is 278 g/mol. The van der Waals surface area contributed by atoms with Crippen molar-refractivity contribution in [2.45, 2.75) is 31.8 Å². The van der Waals surface area contributed by atoms with Crippen LogP contribution in [0.15, 0.2) is 18.2 Å². The van der Waals surface area contributed by atoms with Crippen LogP contribution in [0.1, 0.15) is 24.8 Å². The molecular weight excluding hydrogens is 256 g/mol. The van der Waals surface area contributed by atoms with Crippen LogP contribution in [0.4, 0.5) is 0 Å². The number of carbonyl (C=O) groups is 1. The fourth-order valence-corrected chi connectivity index (χ4v) is 2.19. The summed E-state index contributed by atoms with van der Waals surface area (Å²) in [6.45, 7) is 0.413. The lowest BCUT2D eigenvalue weighted by molar-refractivity contribution is -0.121. The molecule has 20 heavy (non-hydrogen) atoms. The smallest absolute Gasteiger partial charge is 0.221 e. The Hall–Kier alpha value is -1.75. The lowest BCUT2D eigenvalue weighted by atomic mass is 10.1. The molecule has 1 aliphatic rings. The Balaban J connectivity index is 1.90. The Labute approximate surface area is 119 Å². The predicted octanol–water partition coefficient (Wildman–Crippen LogP) is 1.45. The molecular formula is C15H22N2O3. The Kier molecular flexibility index (Phi) is 4.84. The van der Waals surface area contributed by atoms with E-state index in [1.54, 1.807) is 14.2 Å². The minimum absolute atomic E-state index is 0.0118. The minimum Gasteiger partial charge on any atom is -0.497 e. The Bertz CT molecular complexity index is 472. The molecule has 3 N–H and O–H groups in total. The van der Waals surface area contributed by atoms with E-state index in [-0.39, 0.29) is 11.9 Å². The van der Waals surface area contributed by atoms with E-state index in [4.69, 9.17) is 15.2 Å². The molecule has 1 unspecified atom stereocenters. The highest BCUT2D eigenvalue weighted by molar-refractivity contribution is 5.76. The van der Waals surface area contributed by atoms with Crippen LogP contribution in [-0.4, -0.2) is 26.2 Å². The van der Waals surface area contributed by atoms with Crippen molar-refractivity contribution in [2.24, 2.45) is 11.7 Å². The molecule has 1 aromatic carbocycles. The van der Waals surface area contributed by atoms with Crippen molar-refractivity contribution in [3.05, 3.63) is 23.8 Å². The van der Waals surface area contributed by atoms with Gasteiger partial charge in [0.05, 0.1) is 14.2 Å². The molecule has 1 saturated carbocycles. The van der Waals surface area contributed by atoms with Gasteiger partial charge in [0.1, 0.15) is 11.5 Å². The Morgan fingerprint density at radius 3 is 2.75 bits per heavy atom. The summed E-state index contributed by atoms with van der Waals surface area (Å²) in [6, 6.07) is 5.51. The van der Waals surface area contributed by atoms with Gasteiger partial charge >= 0.3 is 0 Å². The Morgan fingerprint density at radius 1 is 1.40 bits per heavy atom. The normalized spacial score (nSPS) is 15.6. The Morgan fingerprint density at radius 2 is 2.15 bits per heavy atom. The summed E-state index contributed by atoms with van der Waals surface area (Å²) in [6.07, 6.45) is 2.69. The topological polar surface area (TPSA) is 73.6 Å². The van der Waals surface area contributed by atoms with E-state index < -0.39 is 0 Å². The average Bonchev–Trinajstić information content (AvgIpc) is 3.29. The third kappa shape index (κ3) is 3.87. The molecule has 0 saturated heterocycles. The number of nitrogens with one attached hydrogen (secondary N) is 1. The number of methoxy groups -OCH3 is 2. The fraction of sp³-hybridized carbons (Fsp3) is 0.533. The second kappa shape index (κ2) is 6.61. The van der Waals surface area contributed by atoms with Crippen LogP contribution in [0.2, 0.25) is 0 Å². The van der Waals surface area contributed by atoms with Gasteiger partial charge < -0.3 is 20.5 Å². The minimum atomic E-state index is -0.0192. The van der Waals surface area contributed by atoms with Crippen molar-refractivity contribution in [3.63, 3.8) is 0 Å². The molecule has 1 aliphatic carbocycles. The van der Waals surface area contributed by atoms with Crippen molar-refractivity contribution in [1.82, 2.24) is 5.32 Å². The number of amides is 1. The third-order valence-corrected chi connectivity index (χ3v) is 3.61. The van der Waals surface area contributed by atoms with Crippen molar-refractivity contribution in [3.8, 4) is 11.5 Å². The molecule has 0 aliphatic heterocycles. The number of hydrogen-bond donors (Lipinski definition) is 2. The van der Waals surface area contributed by atoms with Crippen molar-refractivity contribution < 1.29 is 14.3 Å². The maximum absolute atomic E-state index is 11.8. The lowest BCUT2D eigenvalue weighted by Crippen LogP contribution is -2.32. The van der Waals surface area contributed by atoms with Crippen LogP contribution in [0, 0.1) is 5.92 Å². The first-order valence-corrected chi connectivity index (χ1v) is 6.87. The van der Waals surface area contributed by atoms with Gasteiger partial charge in [-0.3, -0.25) is 4.79 Å². The summed E-state index contributed by atoms with van der Waals surface area (Å²) in [7, 11) is 3.22. The highest BCUT2D eigenvalue weighted by atomic mass is 16.5. The zero-order chi connectivity index (χ0) is 14.5. The van der Waals surface area contributed by atoms with Crippen LogP contribution >= 0.6 is 0 Å². The maximum atomic E-state index is 11.8. The first-order chi connectivity index (χ1) is 9.63. The summed E-state index contributed by atoms with van der Waals surface area (Å²) in [5.41, 5.74) is 6.83. The van der Waals surface area contributed by atoms with E-state index in [0.717, 1.165) is 29.9 Å². The molecule has 5 nitrogen and oxygen atoms in total. The summed E-state index contributed by atoms with van der Waals surface area (Å²) < 4.78 is 10.5. The molecule has 110 valence electrons. The summed E-state index contributed by atoms with van der Waals surface area (Å²) in [4.78, 5) is 11.8. The monoisotopic (exact) mass is 278 g/mol. The highest BCUT2D eigenvalue weighted by Gasteiger charge is 2.29. The second-order valence-corrected chi connectivity index (χ2v) is 5.16. The van der Waals surface area contributed by atoms with Crippen LogP contribution in [0.25, 0.3) is 0 Å². The van der Waals surface area contributed by atoms with E-state index in [1.807, 2.05) is 18.2 Å². The van der Waals surface area contributed by atoms with Gasteiger partial charge in [-0.1, -0.05) is 0 Å². The van der Waals surface area contributed by atoms with E-state index in [0.29, 0.717) is 18.9 Å². The van der Waals surface area contributed by atoms with E-state index in [2.05, 4.69) is 5.32 Å². The van der Waals surface area contributed by atoms with E-state index >= 15 is 0 Å². The molecule has 0 radical (unpaired) electrons. The molecule has 1 atom stereocenters. The number of rotatable bonds is 7. The lowest BCUT2D eigenvalue weighted by Gasteiger charge is -2.13. The number of benzene rings is 1. The quantitative estimate of drug-likeness (QED) is 0.791. The number of ether oxygens (including phenoxy) is 2. The van der Waals surface area contributed by atoms with Crippen LogP contribution in [-0.2, 0) is 11.3 Å². The maximum Gasteiger partial charge on any atom is 0.221 e. The van der Waals surface area contributed by atoms with E-state index in [9.17, 15) is 4.79 Å².